The maximum atomic E-state index is 13.6. The number of aromatic amines is 2. The summed E-state index contributed by atoms with van der Waals surface area (Å²) in [4.78, 5) is 35.4. The van der Waals surface area contributed by atoms with E-state index >= 15 is 0 Å². The Hall–Kier alpha value is -5.22. The second kappa shape index (κ2) is 14.3. The largest absolute Gasteiger partial charge is 0.497 e. The Morgan fingerprint density at radius 2 is 1.62 bits per heavy atom. The number of ether oxygens (including phenoxy) is 3. The van der Waals surface area contributed by atoms with Gasteiger partial charge in [0, 0.05) is 79.8 Å². The van der Waals surface area contributed by atoms with Gasteiger partial charge in [0.25, 0.3) is 0 Å². The second-order valence-electron chi connectivity index (χ2n) is 12.2. The number of benzene rings is 3. The first-order valence-corrected chi connectivity index (χ1v) is 16.2. The third kappa shape index (κ3) is 6.75. The molecular formula is C38H43N5O5. The molecule has 1 atom stereocenters. The standard InChI is InChI=1S/C38H43N5O5/c1-25(44)41(23-27-10-13-37(47-4)38(18-27)48-5)24-30(19-29-21-39-35-9-7-6-8-32(29)35)43(26(2)45)42-16-14-28(15-17-42)34-22-40-36-12-11-31(46-3)20-33(34)36/h6-14,18,20-22,30,39-40H,15-17,19,23-24H2,1-5H3/t30-/m1/s1. The van der Waals surface area contributed by atoms with E-state index < -0.39 is 0 Å². The molecule has 5 aromatic rings. The van der Waals surface area contributed by atoms with E-state index in [1.807, 2.05) is 65.9 Å². The molecule has 3 aromatic carbocycles. The fourth-order valence-corrected chi connectivity index (χ4v) is 6.82. The number of methoxy groups -OCH3 is 3. The van der Waals surface area contributed by atoms with Gasteiger partial charge in [-0.15, -0.1) is 0 Å². The smallest absolute Gasteiger partial charge is 0.234 e. The van der Waals surface area contributed by atoms with Crippen LogP contribution in [0.25, 0.3) is 27.4 Å². The molecule has 2 amide bonds. The topological polar surface area (TPSA) is 103 Å². The van der Waals surface area contributed by atoms with Gasteiger partial charge >= 0.3 is 0 Å². The first-order valence-electron chi connectivity index (χ1n) is 16.2. The van der Waals surface area contributed by atoms with Gasteiger partial charge in [-0.25, -0.2) is 5.01 Å². The van der Waals surface area contributed by atoms with Gasteiger partial charge in [0.1, 0.15) is 5.75 Å². The molecule has 2 N–H and O–H groups in total. The molecule has 10 nitrogen and oxygen atoms in total. The van der Waals surface area contributed by atoms with Crippen LogP contribution >= 0.6 is 0 Å². The van der Waals surface area contributed by atoms with E-state index in [9.17, 15) is 9.59 Å². The molecule has 1 aliphatic rings. The average molecular weight is 650 g/mol. The monoisotopic (exact) mass is 649 g/mol. The SMILES string of the molecule is COc1ccc2[nH]cc(C3=CCN(N(C(C)=O)[C@H](Cc4c[nH]c5ccccc45)CN(Cc4ccc(OC)c(OC)c4)C(C)=O)CC3)c2c1. The predicted molar refractivity (Wildman–Crippen MR) is 188 cm³/mol. The molecule has 0 bridgehead atoms. The van der Waals surface area contributed by atoms with Crippen molar-refractivity contribution < 1.29 is 23.8 Å². The summed E-state index contributed by atoms with van der Waals surface area (Å²) in [6.45, 7) is 5.11. The van der Waals surface area contributed by atoms with Crippen molar-refractivity contribution in [3.63, 3.8) is 0 Å². The lowest BCUT2D eigenvalue weighted by Crippen LogP contribution is -2.57. The number of H-pyrrole nitrogens is 2. The van der Waals surface area contributed by atoms with Gasteiger partial charge in [0.05, 0.1) is 27.4 Å². The number of fused-ring (bicyclic) bond motifs is 2. The van der Waals surface area contributed by atoms with E-state index in [0.29, 0.717) is 44.1 Å². The van der Waals surface area contributed by atoms with Gasteiger partial charge in [0.15, 0.2) is 11.5 Å². The molecular weight excluding hydrogens is 606 g/mol. The van der Waals surface area contributed by atoms with E-state index in [2.05, 4.69) is 33.2 Å². The Morgan fingerprint density at radius 3 is 2.33 bits per heavy atom. The van der Waals surface area contributed by atoms with Crippen LogP contribution in [0.5, 0.6) is 17.2 Å². The van der Waals surface area contributed by atoms with Crippen LogP contribution in [-0.4, -0.2) is 83.7 Å². The van der Waals surface area contributed by atoms with Crippen molar-refractivity contribution in [2.24, 2.45) is 0 Å². The maximum Gasteiger partial charge on any atom is 0.234 e. The van der Waals surface area contributed by atoms with E-state index in [0.717, 1.165) is 50.7 Å². The normalized spacial score (nSPS) is 14.1. The van der Waals surface area contributed by atoms with Crippen molar-refractivity contribution in [2.45, 2.75) is 39.3 Å². The van der Waals surface area contributed by atoms with Gasteiger partial charge in [-0.1, -0.05) is 30.3 Å². The van der Waals surface area contributed by atoms with Crippen LogP contribution in [0.2, 0.25) is 0 Å². The fraction of sp³-hybridized carbons (Fsp3) is 0.316. The number of aromatic nitrogens is 2. The number of rotatable bonds is 12. The Morgan fingerprint density at radius 1 is 0.854 bits per heavy atom. The van der Waals surface area contributed by atoms with Crippen molar-refractivity contribution in [2.75, 3.05) is 41.0 Å². The molecule has 6 rings (SSSR count). The number of para-hydroxylation sites is 1. The van der Waals surface area contributed by atoms with Crippen molar-refractivity contribution >= 4 is 39.2 Å². The van der Waals surface area contributed by atoms with Crippen molar-refractivity contribution in [3.8, 4) is 17.2 Å². The number of carbonyl (C=O) groups excluding carboxylic acids is 2. The maximum absolute atomic E-state index is 13.6. The average Bonchev–Trinajstić information content (AvgIpc) is 3.72. The minimum absolute atomic E-state index is 0.0665. The lowest BCUT2D eigenvalue weighted by atomic mass is 9.99. The molecule has 0 unspecified atom stereocenters. The van der Waals surface area contributed by atoms with Crippen LogP contribution in [0.4, 0.5) is 0 Å². The number of carbonyl (C=O) groups is 2. The lowest BCUT2D eigenvalue weighted by molar-refractivity contribution is -0.155. The van der Waals surface area contributed by atoms with Crippen LogP contribution in [0.1, 0.15) is 37.0 Å². The molecule has 2 aromatic heterocycles. The number of nitrogens with zero attached hydrogens (tertiary/aromatic N) is 3. The molecule has 0 radical (unpaired) electrons. The highest BCUT2D eigenvalue weighted by Crippen LogP contribution is 2.33. The number of nitrogens with one attached hydrogen (secondary N) is 2. The van der Waals surface area contributed by atoms with Gasteiger partial charge in [0.2, 0.25) is 11.8 Å². The Labute approximate surface area is 280 Å². The van der Waals surface area contributed by atoms with Crippen molar-refractivity contribution in [3.05, 3.63) is 95.8 Å². The van der Waals surface area contributed by atoms with Crippen LogP contribution < -0.4 is 14.2 Å². The minimum atomic E-state index is -0.321. The fourth-order valence-electron chi connectivity index (χ4n) is 6.82. The molecule has 0 aliphatic carbocycles. The van der Waals surface area contributed by atoms with Gasteiger partial charge < -0.3 is 29.1 Å². The zero-order chi connectivity index (χ0) is 33.8. The summed E-state index contributed by atoms with van der Waals surface area (Å²) in [5.41, 5.74) is 6.46. The highest BCUT2D eigenvalue weighted by atomic mass is 16.5. The number of hydrazine groups is 1. The van der Waals surface area contributed by atoms with Crippen molar-refractivity contribution in [1.82, 2.24) is 24.9 Å². The van der Waals surface area contributed by atoms with Crippen LogP contribution in [-0.2, 0) is 22.6 Å². The summed E-state index contributed by atoms with van der Waals surface area (Å²) in [5, 5.41) is 6.21. The zero-order valence-electron chi connectivity index (χ0n) is 28.2. The Kier molecular flexibility index (Phi) is 9.72. The quantitative estimate of drug-likeness (QED) is 0.167. The molecule has 10 heteroatoms. The van der Waals surface area contributed by atoms with Crippen LogP contribution in [0.3, 0.4) is 0 Å². The molecule has 0 saturated heterocycles. The highest BCUT2D eigenvalue weighted by molar-refractivity contribution is 5.93. The number of hydrogen-bond donors (Lipinski definition) is 2. The molecule has 3 heterocycles. The summed E-state index contributed by atoms with van der Waals surface area (Å²) in [7, 11) is 4.87. The van der Waals surface area contributed by atoms with Gasteiger partial charge in [-0.2, -0.15) is 0 Å². The van der Waals surface area contributed by atoms with E-state index in [-0.39, 0.29) is 17.9 Å². The molecule has 0 fully saturated rings. The van der Waals surface area contributed by atoms with Gasteiger partial charge in [-0.3, -0.25) is 14.6 Å². The molecule has 0 saturated carbocycles. The first kappa shape index (κ1) is 32.7. The van der Waals surface area contributed by atoms with Crippen molar-refractivity contribution in [1.29, 1.82) is 0 Å². The van der Waals surface area contributed by atoms with E-state index in [4.69, 9.17) is 14.2 Å². The molecule has 250 valence electrons. The first-order chi connectivity index (χ1) is 23.3. The highest BCUT2D eigenvalue weighted by Gasteiger charge is 2.32. The van der Waals surface area contributed by atoms with E-state index in [1.54, 1.807) is 40.1 Å². The van der Waals surface area contributed by atoms with E-state index in [1.165, 1.54) is 5.57 Å². The summed E-state index contributed by atoms with van der Waals surface area (Å²) >= 11 is 0. The third-order valence-electron chi connectivity index (χ3n) is 9.22. The Bertz CT molecular complexity index is 1960. The summed E-state index contributed by atoms with van der Waals surface area (Å²) in [6, 6.07) is 19.6. The second-order valence-corrected chi connectivity index (χ2v) is 12.2. The zero-order valence-corrected chi connectivity index (χ0v) is 28.2. The Balaban J connectivity index is 1.31. The predicted octanol–water partition coefficient (Wildman–Crippen LogP) is 6.19. The lowest BCUT2D eigenvalue weighted by Gasteiger charge is -2.43. The molecule has 1 aliphatic heterocycles. The third-order valence-corrected chi connectivity index (χ3v) is 9.22. The van der Waals surface area contributed by atoms with Gasteiger partial charge in [-0.05, 0) is 65.9 Å². The van der Waals surface area contributed by atoms with Crippen LogP contribution in [0, 0.1) is 0 Å². The minimum Gasteiger partial charge on any atom is -0.497 e. The molecule has 0 spiro atoms. The van der Waals surface area contributed by atoms with Crippen LogP contribution in [0.15, 0.2) is 79.1 Å². The summed E-state index contributed by atoms with van der Waals surface area (Å²) in [6.07, 6.45) is 7.59. The number of amides is 2. The molecule has 48 heavy (non-hydrogen) atoms. The summed E-state index contributed by atoms with van der Waals surface area (Å²) < 4.78 is 16.4. The number of hydrogen-bond acceptors (Lipinski definition) is 6. The summed E-state index contributed by atoms with van der Waals surface area (Å²) in [5.74, 6) is 1.90.